The van der Waals surface area contributed by atoms with E-state index >= 15 is 0 Å². The summed E-state index contributed by atoms with van der Waals surface area (Å²) < 4.78 is 17.9. The van der Waals surface area contributed by atoms with Gasteiger partial charge in [0.2, 0.25) is 0 Å². The standard InChI is InChI=1S/C17H19N3O5/c1-23-14-5-3-2-4-12(14)20-7-10(6-18-20)17(22)19-11-8-24-16-13(21)9-25-15(11)16/h2-7,11,13,15-16,21H,8-9H2,1H3,(H,19,22)/t11-,13+,15+,16+/m0/s1. The van der Waals surface area contributed by atoms with Gasteiger partial charge in [-0.1, -0.05) is 12.1 Å². The van der Waals surface area contributed by atoms with E-state index in [9.17, 15) is 9.90 Å². The van der Waals surface area contributed by atoms with E-state index in [0.29, 0.717) is 17.9 Å². The first-order valence-corrected chi connectivity index (χ1v) is 8.07. The lowest BCUT2D eigenvalue weighted by Crippen LogP contribution is -2.44. The second kappa shape index (κ2) is 6.47. The molecule has 1 aromatic heterocycles. The summed E-state index contributed by atoms with van der Waals surface area (Å²) in [7, 11) is 1.59. The average molecular weight is 345 g/mol. The third-order valence-corrected chi connectivity index (χ3v) is 4.52. The van der Waals surface area contributed by atoms with Crippen LogP contribution in [0.15, 0.2) is 36.7 Å². The van der Waals surface area contributed by atoms with Gasteiger partial charge in [0, 0.05) is 6.20 Å². The van der Waals surface area contributed by atoms with E-state index in [1.165, 1.54) is 6.20 Å². The Morgan fingerprint density at radius 3 is 2.96 bits per heavy atom. The molecule has 1 amide bonds. The van der Waals surface area contributed by atoms with Crippen molar-refractivity contribution in [3.63, 3.8) is 0 Å². The van der Waals surface area contributed by atoms with Crippen LogP contribution in [0.2, 0.25) is 0 Å². The fraction of sp³-hybridized carbons (Fsp3) is 0.412. The highest BCUT2D eigenvalue weighted by Crippen LogP contribution is 2.27. The van der Waals surface area contributed by atoms with Gasteiger partial charge in [0.15, 0.2) is 0 Å². The quantitative estimate of drug-likeness (QED) is 0.818. The van der Waals surface area contributed by atoms with E-state index in [0.717, 1.165) is 5.69 Å². The van der Waals surface area contributed by atoms with Crippen LogP contribution in [0.1, 0.15) is 10.4 Å². The predicted octanol–water partition coefficient (Wildman–Crippen LogP) is 0.138. The summed E-state index contributed by atoms with van der Waals surface area (Å²) in [6, 6.07) is 7.14. The largest absolute Gasteiger partial charge is 0.494 e. The zero-order chi connectivity index (χ0) is 17.4. The zero-order valence-electron chi connectivity index (χ0n) is 13.7. The van der Waals surface area contributed by atoms with Gasteiger partial charge in [-0.15, -0.1) is 0 Å². The summed E-state index contributed by atoms with van der Waals surface area (Å²) >= 11 is 0. The second-order valence-electron chi connectivity index (χ2n) is 6.09. The number of aliphatic hydroxyl groups excluding tert-OH is 1. The molecule has 0 aliphatic carbocycles. The third-order valence-electron chi connectivity index (χ3n) is 4.52. The SMILES string of the molecule is COc1ccccc1-n1cc(C(=O)N[C@H]2CO[C@H]3[C@@H]2OC[C@H]3O)cn1. The molecule has 2 N–H and O–H groups in total. The number of ether oxygens (including phenoxy) is 3. The molecular weight excluding hydrogens is 326 g/mol. The first-order valence-electron chi connectivity index (χ1n) is 8.07. The fourth-order valence-electron chi connectivity index (χ4n) is 3.25. The molecule has 0 spiro atoms. The molecule has 1 aromatic carbocycles. The predicted molar refractivity (Wildman–Crippen MR) is 86.9 cm³/mol. The minimum atomic E-state index is -0.639. The van der Waals surface area contributed by atoms with Crippen molar-refractivity contribution in [2.24, 2.45) is 0 Å². The molecular formula is C17H19N3O5. The van der Waals surface area contributed by atoms with Crippen molar-refractivity contribution >= 4 is 5.91 Å². The number of rotatable bonds is 4. The minimum Gasteiger partial charge on any atom is -0.494 e. The number of amides is 1. The van der Waals surface area contributed by atoms with Crippen LogP contribution in [0, 0.1) is 0 Å². The number of nitrogens with zero attached hydrogens (tertiary/aromatic N) is 2. The summed E-state index contributed by atoms with van der Waals surface area (Å²) in [5, 5.41) is 16.9. The van der Waals surface area contributed by atoms with Crippen LogP contribution in [0.3, 0.4) is 0 Å². The number of hydrogen-bond acceptors (Lipinski definition) is 6. The van der Waals surface area contributed by atoms with Crippen molar-refractivity contribution in [1.29, 1.82) is 0 Å². The number of para-hydroxylation sites is 2. The molecule has 4 atom stereocenters. The van der Waals surface area contributed by atoms with Gasteiger partial charge in [-0.25, -0.2) is 4.68 Å². The van der Waals surface area contributed by atoms with E-state index < -0.39 is 6.10 Å². The molecule has 0 unspecified atom stereocenters. The van der Waals surface area contributed by atoms with Gasteiger partial charge in [-0.05, 0) is 12.1 Å². The molecule has 2 aliphatic heterocycles. The molecule has 8 heteroatoms. The first kappa shape index (κ1) is 16.1. The van der Waals surface area contributed by atoms with E-state index in [-0.39, 0.29) is 30.8 Å². The molecule has 4 rings (SSSR count). The lowest BCUT2D eigenvalue weighted by atomic mass is 10.1. The topological polar surface area (TPSA) is 94.8 Å². The van der Waals surface area contributed by atoms with Crippen molar-refractivity contribution < 1.29 is 24.1 Å². The molecule has 25 heavy (non-hydrogen) atoms. The van der Waals surface area contributed by atoms with Gasteiger partial charge in [-0.3, -0.25) is 4.79 Å². The van der Waals surface area contributed by atoms with Gasteiger partial charge >= 0.3 is 0 Å². The lowest BCUT2D eigenvalue weighted by Gasteiger charge is -2.16. The highest BCUT2D eigenvalue weighted by molar-refractivity contribution is 5.94. The van der Waals surface area contributed by atoms with Crippen molar-refractivity contribution in [2.75, 3.05) is 20.3 Å². The van der Waals surface area contributed by atoms with Crippen molar-refractivity contribution in [3.05, 3.63) is 42.2 Å². The van der Waals surface area contributed by atoms with E-state index in [1.807, 2.05) is 24.3 Å². The number of hydrogen-bond donors (Lipinski definition) is 2. The van der Waals surface area contributed by atoms with Gasteiger partial charge in [0.05, 0.1) is 38.1 Å². The molecule has 2 aromatic rings. The highest BCUT2D eigenvalue weighted by atomic mass is 16.6. The first-order chi connectivity index (χ1) is 12.2. The van der Waals surface area contributed by atoms with Crippen LogP contribution in [-0.2, 0) is 9.47 Å². The number of carbonyl (C=O) groups is 1. The number of benzene rings is 1. The van der Waals surface area contributed by atoms with Crippen LogP contribution in [-0.4, -0.2) is 65.5 Å². The summed E-state index contributed by atoms with van der Waals surface area (Å²) in [4.78, 5) is 12.5. The van der Waals surface area contributed by atoms with Crippen LogP contribution in [0.5, 0.6) is 5.75 Å². The molecule has 8 nitrogen and oxygen atoms in total. The van der Waals surface area contributed by atoms with Gasteiger partial charge < -0.3 is 24.6 Å². The summed E-state index contributed by atoms with van der Waals surface area (Å²) in [6.07, 6.45) is 1.81. The number of carbonyl (C=O) groups excluding carboxylic acids is 1. The van der Waals surface area contributed by atoms with Crippen molar-refractivity contribution in [1.82, 2.24) is 15.1 Å². The van der Waals surface area contributed by atoms with Gasteiger partial charge in [0.25, 0.3) is 5.91 Å². The Balaban J connectivity index is 1.48. The summed E-state index contributed by atoms with van der Waals surface area (Å²) in [6.45, 7) is 0.548. The number of fused-ring (bicyclic) bond motifs is 1. The molecule has 2 aliphatic rings. The highest BCUT2D eigenvalue weighted by Gasteiger charge is 2.47. The molecule has 0 bridgehead atoms. The Morgan fingerprint density at radius 2 is 2.12 bits per heavy atom. The zero-order valence-corrected chi connectivity index (χ0v) is 13.7. The molecule has 3 heterocycles. The van der Waals surface area contributed by atoms with E-state index in [4.69, 9.17) is 14.2 Å². The maximum atomic E-state index is 12.5. The fourth-order valence-corrected chi connectivity index (χ4v) is 3.25. The van der Waals surface area contributed by atoms with Crippen LogP contribution in [0.25, 0.3) is 5.69 Å². The molecule has 0 saturated carbocycles. The van der Waals surface area contributed by atoms with Crippen LogP contribution in [0.4, 0.5) is 0 Å². The number of nitrogens with one attached hydrogen (secondary N) is 1. The smallest absolute Gasteiger partial charge is 0.254 e. The third kappa shape index (κ3) is 2.88. The minimum absolute atomic E-state index is 0.230. The molecule has 132 valence electrons. The van der Waals surface area contributed by atoms with Crippen molar-refractivity contribution in [2.45, 2.75) is 24.4 Å². The summed E-state index contributed by atoms with van der Waals surface area (Å²) in [5.41, 5.74) is 1.17. The number of methoxy groups -OCH3 is 1. The Bertz CT molecular complexity index is 777. The molecule has 2 fully saturated rings. The van der Waals surface area contributed by atoms with Crippen molar-refractivity contribution in [3.8, 4) is 11.4 Å². The van der Waals surface area contributed by atoms with Gasteiger partial charge in [-0.2, -0.15) is 5.10 Å². The van der Waals surface area contributed by atoms with Crippen LogP contribution < -0.4 is 10.1 Å². The van der Waals surface area contributed by atoms with E-state index in [1.54, 1.807) is 18.0 Å². The Morgan fingerprint density at radius 1 is 1.32 bits per heavy atom. The monoisotopic (exact) mass is 345 g/mol. The van der Waals surface area contributed by atoms with Gasteiger partial charge in [0.1, 0.15) is 29.7 Å². The molecule has 2 saturated heterocycles. The second-order valence-corrected chi connectivity index (χ2v) is 6.09. The Hall–Kier alpha value is -2.42. The maximum Gasteiger partial charge on any atom is 0.254 e. The number of aliphatic hydroxyl groups is 1. The van der Waals surface area contributed by atoms with Crippen LogP contribution >= 0.6 is 0 Å². The normalized spacial score (nSPS) is 27.9. The Kier molecular flexibility index (Phi) is 4.16. The Labute approximate surface area is 144 Å². The maximum absolute atomic E-state index is 12.5. The average Bonchev–Trinajstić information content (AvgIpc) is 3.34. The van der Waals surface area contributed by atoms with E-state index in [2.05, 4.69) is 10.4 Å². The molecule has 0 radical (unpaired) electrons. The summed E-state index contributed by atoms with van der Waals surface area (Å²) in [5.74, 6) is 0.401. The number of aromatic nitrogens is 2. The lowest BCUT2D eigenvalue weighted by molar-refractivity contribution is 0.0178.